The summed E-state index contributed by atoms with van der Waals surface area (Å²) in [7, 11) is 0. The van der Waals surface area contributed by atoms with Crippen molar-refractivity contribution in [3.8, 4) is 11.1 Å². The second-order valence-corrected chi connectivity index (χ2v) is 7.13. The van der Waals surface area contributed by atoms with Crippen LogP contribution in [0.5, 0.6) is 0 Å². The number of rotatable bonds is 5. The highest BCUT2D eigenvalue weighted by molar-refractivity contribution is 6.32. The van der Waals surface area contributed by atoms with Crippen LogP contribution in [0.1, 0.15) is 51.4 Å². The Bertz CT molecular complexity index is 1120. The predicted molar refractivity (Wildman–Crippen MR) is 113 cm³/mol. The number of primary amides is 2. The van der Waals surface area contributed by atoms with E-state index >= 15 is 0 Å². The molecule has 0 atom stereocenters. The number of aromatic nitrogens is 1. The van der Waals surface area contributed by atoms with E-state index in [-0.39, 0.29) is 11.3 Å². The molecule has 1 aromatic heterocycles. The Morgan fingerprint density at radius 3 is 2.29 bits per heavy atom. The minimum Gasteiger partial charge on any atom is -0.366 e. The van der Waals surface area contributed by atoms with Gasteiger partial charge in [-0.05, 0) is 54.7 Å². The van der Waals surface area contributed by atoms with Gasteiger partial charge in [-0.3, -0.25) is 9.59 Å². The zero-order chi connectivity index (χ0) is 20.6. The van der Waals surface area contributed by atoms with Crippen molar-refractivity contribution in [1.82, 2.24) is 4.98 Å². The van der Waals surface area contributed by atoms with Crippen molar-refractivity contribution in [2.24, 2.45) is 11.5 Å². The lowest BCUT2D eigenvalue weighted by Gasteiger charge is -2.20. The lowest BCUT2D eigenvalue weighted by molar-refractivity contribution is 0.0964. The van der Waals surface area contributed by atoms with Crippen LogP contribution < -0.4 is 11.5 Å². The van der Waals surface area contributed by atoms with Crippen LogP contribution in [0.4, 0.5) is 0 Å². The fraction of sp³-hybridized carbons (Fsp3) is 0.227. The first-order valence-corrected chi connectivity index (χ1v) is 9.52. The van der Waals surface area contributed by atoms with E-state index < -0.39 is 11.8 Å². The molecule has 2 amide bonds. The molecule has 2 aromatic carbocycles. The molecule has 3 rings (SSSR count). The van der Waals surface area contributed by atoms with Gasteiger partial charge in [-0.25, -0.2) is 4.98 Å². The molecule has 0 radical (unpaired) electrons. The fourth-order valence-corrected chi connectivity index (χ4v) is 3.97. The molecule has 0 aliphatic heterocycles. The molecule has 3 aromatic rings. The van der Waals surface area contributed by atoms with Crippen molar-refractivity contribution < 1.29 is 9.59 Å². The number of amides is 2. The van der Waals surface area contributed by atoms with Gasteiger partial charge in [-0.2, -0.15) is 0 Å². The van der Waals surface area contributed by atoms with E-state index in [4.69, 9.17) is 23.1 Å². The van der Waals surface area contributed by atoms with Crippen LogP contribution in [0.15, 0.2) is 30.3 Å². The summed E-state index contributed by atoms with van der Waals surface area (Å²) < 4.78 is 0. The second kappa shape index (κ2) is 7.60. The largest absolute Gasteiger partial charge is 0.366 e. The van der Waals surface area contributed by atoms with Gasteiger partial charge in [-0.15, -0.1) is 0 Å². The third-order valence-electron chi connectivity index (χ3n) is 4.95. The van der Waals surface area contributed by atoms with E-state index in [1.807, 2.05) is 51.1 Å². The SMILES string of the molecule is CCc1ccc(Cl)c(CC)c1-c1c(C(N)=O)c(C(N)=O)nc2ccc(C)cc12. The number of fused-ring (bicyclic) bond motifs is 1. The molecule has 0 saturated carbocycles. The summed E-state index contributed by atoms with van der Waals surface area (Å²) in [6.45, 7) is 5.98. The minimum atomic E-state index is -0.796. The Hall–Kier alpha value is -2.92. The molecular formula is C22H22ClN3O2. The molecule has 28 heavy (non-hydrogen) atoms. The molecule has 0 aliphatic rings. The summed E-state index contributed by atoms with van der Waals surface area (Å²) >= 11 is 6.50. The second-order valence-electron chi connectivity index (χ2n) is 6.73. The number of benzene rings is 2. The lowest BCUT2D eigenvalue weighted by atomic mass is 9.85. The van der Waals surface area contributed by atoms with Gasteiger partial charge in [0.15, 0.2) is 0 Å². The van der Waals surface area contributed by atoms with Crippen molar-refractivity contribution in [2.45, 2.75) is 33.6 Å². The van der Waals surface area contributed by atoms with Gasteiger partial charge < -0.3 is 11.5 Å². The molecule has 1 heterocycles. The maximum Gasteiger partial charge on any atom is 0.268 e. The molecule has 0 unspecified atom stereocenters. The monoisotopic (exact) mass is 395 g/mol. The van der Waals surface area contributed by atoms with E-state index in [0.29, 0.717) is 22.5 Å². The first kappa shape index (κ1) is 19.8. The van der Waals surface area contributed by atoms with Gasteiger partial charge in [-0.1, -0.05) is 43.1 Å². The van der Waals surface area contributed by atoms with Gasteiger partial charge in [0.25, 0.3) is 11.8 Å². The molecule has 4 N–H and O–H groups in total. The van der Waals surface area contributed by atoms with Crippen molar-refractivity contribution in [1.29, 1.82) is 0 Å². The molecule has 5 nitrogen and oxygen atoms in total. The highest BCUT2D eigenvalue weighted by Gasteiger charge is 2.26. The number of hydrogen-bond acceptors (Lipinski definition) is 3. The normalized spacial score (nSPS) is 11.0. The smallest absolute Gasteiger partial charge is 0.268 e. The lowest BCUT2D eigenvalue weighted by Crippen LogP contribution is -2.24. The number of halogens is 1. The molecular weight excluding hydrogens is 374 g/mol. The first-order chi connectivity index (χ1) is 13.3. The fourth-order valence-electron chi connectivity index (χ4n) is 3.68. The number of pyridine rings is 1. The van der Waals surface area contributed by atoms with Crippen LogP contribution in [-0.2, 0) is 12.8 Å². The summed E-state index contributed by atoms with van der Waals surface area (Å²) in [5.74, 6) is -1.54. The summed E-state index contributed by atoms with van der Waals surface area (Å²) in [4.78, 5) is 28.9. The highest BCUT2D eigenvalue weighted by atomic mass is 35.5. The van der Waals surface area contributed by atoms with E-state index in [0.717, 1.165) is 34.1 Å². The third-order valence-corrected chi connectivity index (χ3v) is 5.30. The predicted octanol–water partition coefficient (Wildman–Crippen LogP) is 4.19. The van der Waals surface area contributed by atoms with Gasteiger partial charge in [0, 0.05) is 16.0 Å². The van der Waals surface area contributed by atoms with Crippen LogP contribution in [-0.4, -0.2) is 16.8 Å². The Morgan fingerprint density at radius 1 is 1.00 bits per heavy atom. The topological polar surface area (TPSA) is 99.1 Å². The van der Waals surface area contributed by atoms with Crippen LogP contribution in [0, 0.1) is 6.92 Å². The number of aryl methyl sites for hydroxylation is 2. The standard InChI is InChI=1S/C22H22ClN3O2/c1-4-12-7-8-15(23)13(5-2)17(12)18-14-10-11(3)6-9-16(14)26-20(22(25)28)19(18)21(24)27/h6-10H,4-5H2,1-3H3,(H2,24,27)(H2,25,28). The zero-order valence-corrected chi connectivity index (χ0v) is 16.9. The maximum absolute atomic E-state index is 12.5. The molecule has 0 saturated heterocycles. The maximum atomic E-state index is 12.5. The zero-order valence-electron chi connectivity index (χ0n) is 16.1. The van der Waals surface area contributed by atoms with E-state index in [2.05, 4.69) is 4.98 Å². The van der Waals surface area contributed by atoms with Gasteiger partial charge in [0.2, 0.25) is 0 Å². The number of carbonyl (C=O) groups is 2. The van der Waals surface area contributed by atoms with Crippen LogP contribution in [0.2, 0.25) is 5.02 Å². The summed E-state index contributed by atoms with van der Waals surface area (Å²) in [5.41, 5.74) is 16.1. The molecule has 0 bridgehead atoms. The molecule has 6 heteroatoms. The average Bonchev–Trinajstić information content (AvgIpc) is 2.66. The number of hydrogen-bond donors (Lipinski definition) is 2. The molecule has 144 valence electrons. The van der Waals surface area contributed by atoms with E-state index in [1.165, 1.54) is 0 Å². The Balaban J connectivity index is 2.66. The minimum absolute atomic E-state index is 0.0391. The summed E-state index contributed by atoms with van der Waals surface area (Å²) in [6.07, 6.45) is 1.38. The van der Waals surface area contributed by atoms with Crippen LogP contribution >= 0.6 is 11.6 Å². The molecule has 0 spiro atoms. The molecule has 0 fully saturated rings. The quantitative estimate of drug-likeness (QED) is 0.677. The van der Waals surface area contributed by atoms with Crippen molar-refractivity contribution in [3.05, 3.63) is 63.3 Å². The Kier molecular flexibility index (Phi) is 5.38. The molecule has 0 aliphatic carbocycles. The summed E-state index contributed by atoms with van der Waals surface area (Å²) in [5, 5.41) is 1.34. The number of carbonyl (C=O) groups excluding carboxylic acids is 2. The van der Waals surface area contributed by atoms with Crippen molar-refractivity contribution in [3.63, 3.8) is 0 Å². The van der Waals surface area contributed by atoms with E-state index in [1.54, 1.807) is 0 Å². The highest BCUT2D eigenvalue weighted by Crippen LogP contribution is 2.40. The Morgan fingerprint density at radius 2 is 1.71 bits per heavy atom. The van der Waals surface area contributed by atoms with Crippen LogP contribution in [0.25, 0.3) is 22.0 Å². The number of nitrogens with two attached hydrogens (primary N) is 2. The Labute approximate surface area is 168 Å². The van der Waals surface area contributed by atoms with Crippen LogP contribution in [0.3, 0.4) is 0 Å². The van der Waals surface area contributed by atoms with E-state index in [9.17, 15) is 9.59 Å². The van der Waals surface area contributed by atoms with Gasteiger partial charge >= 0.3 is 0 Å². The first-order valence-electron chi connectivity index (χ1n) is 9.14. The van der Waals surface area contributed by atoms with Crippen molar-refractivity contribution >= 4 is 34.3 Å². The number of nitrogens with zero attached hydrogens (tertiary/aromatic N) is 1. The van der Waals surface area contributed by atoms with Crippen molar-refractivity contribution in [2.75, 3.05) is 0 Å². The summed E-state index contributed by atoms with van der Waals surface area (Å²) in [6, 6.07) is 9.44. The average molecular weight is 396 g/mol. The third kappa shape index (κ3) is 3.22. The van der Waals surface area contributed by atoms with Gasteiger partial charge in [0.1, 0.15) is 5.69 Å². The van der Waals surface area contributed by atoms with Gasteiger partial charge in [0.05, 0.1) is 11.1 Å².